The zero-order valence-corrected chi connectivity index (χ0v) is 11.5. The number of H-pyrrole nitrogens is 1. The summed E-state index contributed by atoms with van der Waals surface area (Å²) < 4.78 is 9.80. The predicted molar refractivity (Wildman–Crippen MR) is 70.5 cm³/mol. The quantitative estimate of drug-likeness (QED) is 0.843. The number of halogens is 1. The smallest absolute Gasteiger partial charge is 0.355 e. The highest BCUT2D eigenvalue weighted by molar-refractivity contribution is 6.30. The van der Waals surface area contributed by atoms with Crippen molar-refractivity contribution < 1.29 is 18.8 Å². The summed E-state index contributed by atoms with van der Waals surface area (Å²) in [5, 5.41) is 6.46. The van der Waals surface area contributed by atoms with Gasteiger partial charge >= 0.3 is 5.97 Å². The number of aromatic amines is 1. The van der Waals surface area contributed by atoms with Crippen LogP contribution in [0.1, 0.15) is 23.2 Å². The van der Waals surface area contributed by atoms with Crippen molar-refractivity contribution in [3.05, 3.63) is 34.8 Å². The largest absolute Gasteiger partial charge is 0.448 e. The second-order valence-corrected chi connectivity index (χ2v) is 4.53. The Morgan fingerprint density at radius 1 is 1.50 bits per heavy atom. The highest BCUT2D eigenvalue weighted by Gasteiger charge is 2.20. The molecule has 7 nitrogen and oxygen atoms in total. The second-order valence-electron chi connectivity index (χ2n) is 4.09. The lowest BCUT2D eigenvalue weighted by Gasteiger charge is -2.11. The standard InChI is InChI=1S/C12H12ClN3O4/c1-6-3-10(16-20-6)15-11(17)7(2)19-12(18)9-4-8(13)5-14-9/h3-5,7,14H,1-2H3,(H,15,16,17). The maximum Gasteiger partial charge on any atom is 0.355 e. The number of carbonyl (C=O) groups is 2. The third-order valence-corrected chi connectivity index (χ3v) is 2.62. The van der Waals surface area contributed by atoms with Crippen molar-refractivity contribution in [1.29, 1.82) is 0 Å². The van der Waals surface area contributed by atoms with Crippen molar-refractivity contribution >= 4 is 29.3 Å². The van der Waals surface area contributed by atoms with Gasteiger partial charge in [0.25, 0.3) is 5.91 Å². The first kappa shape index (κ1) is 14.1. The zero-order valence-electron chi connectivity index (χ0n) is 10.8. The monoisotopic (exact) mass is 297 g/mol. The van der Waals surface area contributed by atoms with Crippen molar-refractivity contribution in [2.75, 3.05) is 5.32 Å². The van der Waals surface area contributed by atoms with Gasteiger partial charge in [0, 0.05) is 12.3 Å². The Kier molecular flexibility index (Phi) is 4.09. The molecule has 2 heterocycles. The van der Waals surface area contributed by atoms with Crippen LogP contribution in [0.5, 0.6) is 0 Å². The highest BCUT2D eigenvalue weighted by Crippen LogP contribution is 2.12. The number of nitrogens with zero attached hydrogens (tertiary/aromatic N) is 1. The molecule has 0 aliphatic rings. The highest BCUT2D eigenvalue weighted by atomic mass is 35.5. The minimum atomic E-state index is -0.985. The van der Waals surface area contributed by atoms with Crippen LogP contribution in [0.2, 0.25) is 5.02 Å². The van der Waals surface area contributed by atoms with Crippen LogP contribution in [0.3, 0.4) is 0 Å². The maximum atomic E-state index is 11.8. The van der Waals surface area contributed by atoms with Gasteiger partial charge in [-0.15, -0.1) is 0 Å². The van der Waals surface area contributed by atoms with Gasteiger partial charge < -0.3 is 19.6 Å². The number of nitrogens with one attached hydrogen (secondary N) is 2. The van der Waals surface area contributed by atoms with Crippen LogP contribution >= 0.6 is 11.6 Å². The van der Waals surface area contributed by atoms with E-state index in [2.05, 4.69) is 15.5 Å². The first-order chi connectivity index (χ1) is 9.45. The molecule has 0 saturated carbocycles. The number of ether oxygens (including phenoxy) is 1. The Hall–Kier alpha value is -2.28. The number of hydrogen-bond acceptors (Lipinski definition) is 5. The lowest BCUT2D eigenvalue weighted by Crippen LogP contribution is -2.30. The molecule has 0 aliphatic heterocycles. The number of hydrogen-bond donors (Lipinski definition) is 2. The van der Waals surface area contributed by atoms with E-state index in [9.17, 15) is 9.59 Å². The number of rotatable bonds is 4. The summed E-state index contributed by atoms with van der Waals surface area (Å²) in [7, 11) is 0. The van der Waals surface area contributed by atoms with Crippen LogP contribution < -0.4 is 5.32 Å². The van der Waals surface area contributed by atoms with Gasteiger partial charge in [0.2, 0.25) is 0 Å². The van der Waals surface area contributed by atoms with Crippen LogP contribution in [-0.2, 0) is 9.53 Å². The molecule has 2 aromatic heterocycles. The number of carbonyl (C=O) groups excluding carboxylic acids is 2. The van der Waals surface area contributed by atoms with Crippen molar-refractivity contribution in [1.82, 2.24) is 10.1 Å². The second kappa shape index (κ2) is 5.79. The first-order valence-electron chi connectivity index (χ1n) is 5.75. The first-order valence-corrected chi connectivity index (χ1v) is 6.12. The van der Waals surface area contributed by atoms with E-state index >= 15 is 0 Å². The van der Waals surface area contributed by atoms with Crippen LogP contribution in [0.4, 0.5) is 5.82 Å². The van der Waals surface area contributed by atoms with E-state index in [1.54, 1.807) is 13.0 Å². The molecule has 2 rings (SSSR count). The summed E-state index contributed by atoms with van der Waals surface area (Å²) in [5.74, 6) is -0.357. The van der Waals surface area contributed by atoms with E-state index in [1.165, 1.54) is 19.2 Å². The third kappa shape index (κ3) is 3.39. The van der Waals surface area contributed by atoms with Crippen molar-refractivity contribution in [3.63, 3.8) is 0 Å². The van der Waals surface area contributed by atoms with Gasteiger partial charge in [0.15, 0.2) is 11.9 Å². The molecule has 0 aromatic carbocycles. The zero-order chi connectivity index (χ0) is 14.7. The summed E-state index contributed by atoms with van der Waals surface area (Å²) in [6.07, 6.45) is 0.461. The molecular formula is C12H12ClN3O4. The van der Waals surface area contributed by atoms with Crippen molar-refractivity contribution in [2.24, 2.45) is 0 Å². The third-order valence-electron chi connectivity index (χ3n) is 2.40. The molecule has 0 spiro atoms. The molecule has 1 unspecified atom stereocenters. The topological polar surface area (TPSA) is 97.2 Å². The molecular weight excluding hydrogens is 286 g/mol. The molecule has 0 saturated heterocycles. The van der Waals surface area contributed by atoms with Gasteiger partial charge in [-0.2, -0.15) is 0 Å². The Morgan fingerprint density at radius 2 is 2.25 bits per heavy atom. The van der Waals surface area contributed by atoms with Crippen molar-refractivity contribution in [2.45, 2.75) is 20.0 Å². The number of esters is 1. The Balaban J connectivity index is 1.92. The van der Waals surface area contributed by atoms with Gasteiger partial charge in [0.1, 0.15) is 11.5 Å². The SMILES string of the molecule is Cc1cc(NC(=O)C(C)OC(=O)c2cc(Cl)c[nH]2)no1. The minimum Gasteiger partial charge on any atom is -0.448 e. The number of aryl methyl sites for hydroxylation is 1. The normalized spacial score (nSPS) is 11.9. The molecule has 1 amide bonds. The van der Waals surface area contributed by atoms with E-state index < -0.39 is 18.0 Å². The fourth-order valence-corrected chi connectivity index (χ4v) is 1.58. The molecule has 8 heteroatoms. The van der Waals surface area contributed by atoms with E-state index in [0.29, 0.717) is 10.8 Å². The minimum absolute atomic E-state index is 0.173. The molecule has 0 radical (unpaired) electrons. The Morgan fingerprint density at radius 3 is 2.80 bits per heavy atom. The summed E-state index contributed by atoms with van der Waals surface area (Å²) >= 11 is 5.68. The van der Waals surface area contributed by atoms with Gasteiger partial charge in [-0.1, -0.05) is 16.8 Å². The molecule has 0 bridgehead atoms. The number of anilines is 1. The molecule has 20 heavy (non-hydrogen) atoms. The molecule has 1 atom stereocenters. The predicted octanol–water partition coefficient (Wildman–Crippen LogP) is 2.15. The molecule has 2 aromatic rings. The van der Waals surface area contributed by atoms with Crippen LogP contribution in [0.15, 0.2) is 22.9 Å². The average Bonchev–Trinajstić information content (AvgIpc) is 2.98. The molecule has 2 N–H and O–H groups in total. The van der Waals surface area contributed by atoms with Gasteiger partial charge in [-0.3, -0.25) is 4.79 Å². The van der Waals surface area contributed by atoms with Gasteiger partial charge in [-0.25, -0.2) is 4.79 Å². The average molecular weight is 298 g/mol. The molecule has 0 aliphatic carbocycles. The Labute approximate surface area is 119 Å². The molecule has 0 fully saturated rings. The van der Waals surface area contributed by atoms with Gasteiger partial charge in [-0.05, 0) is 19.9 Å². The van der Waals surface area contributed by atoms with Gasteiger partial charge in [0.05, 0.1) is 5.02 Å². The summed E-state index contributed by atoms with van der Waals surface area (Å²) in [4.78, 5) is 26.1. The van der Waals surface area contributed by atoms with E-state index in [0.717, 1.165) is 0 Å². The summed E-state index contributed by atoms with van der Waals surface area (Å²) in [6, 6.07) is 2.96. The van der Waals surface area contributed by atoms with E-state index in [1.807, 2.05) is 0 Å². The van der Waals surface area contributed by atoms with Crippen LogP contribution in [0, 0.1) is 6.92 Å². The molecule has 106 valence electrons. The summed E-state index contributed by atoms with van der Waals surface area (Å²) in [6.45, 7) is 3.14. The number of aromatic nitrogens is 2. The van der Waals surface area contributed by atoms with Crippen LogP contribution in [0.25, 0.3) is 0 Å². The van der Waals surface area contributed by atoms with E-state index in [4.69, 9.17) is 20.9 Å². The van der Waals surface area contributed by atoms with Crippen LogP contribution in [-0.4, -0.2) is 28.1 Å². The lowest BCUT2D eigenvalue weighted by atomic mass is 10.3. The Bertz CT molecular complexity index is 634. The number of amides is 1. The fourth-order valence-electron chi connectivity index (χ4n) is 1.42. The fraction of sp³-hybridized carbons (Fsp3) is 0.250. The maximum absolute atomic E-state index is 11.8. The van der Waals surface area contributed by atoms with Crippen molar-refractivity contribution in [3.8, 4) is 0 Å². The summed E-state index contributed by atoms with van der Waals surface area (Å²) in [5.41, 5.74) is 0.173. The van der Waals surface area contributed by atoms with E-state index in [-0.39, 0.29) is 11.5 Å². The lowest BCUT2D eigenvalue weighted by molar-refractivity contribution is -0.123.